The van der Waals surface area contributed by atoms with Crippen LogP contribution in [0.1, 0.15) is 12.8 Å². The number of likely N-dealkylation sites (tertiary alicyclic amines) is 1. The van der Waals surface area contributed by atoms with Crippen LogP contribution < -0.4 is 4.74 Å². The van der Waals surface area contributed by atoms with Crippen molar-refractivity contribution < 1.29 is 14.6 Å². The number of carbonyl (C=O) groups is 1. The summed E-state index contributed by atoms with van der Waals surface area (Å²) in [5.74, 6) is 0. The van der Waals surface area contributed by atoms with Gasteiger partial charge in [0, 0.05) is 38.3 Å². The van der Waals surface area contributed by atoms with Gasteiger partial charge in [-0.05, 0) is 6.07 Å². The molecule has 86 valence electrons. The van der Waals surface area contributed by atoms with E-state index in [0.29, 0.717) is 31.9 Å². The predicted octanol–water partition coefficient (Wildman–Crippen LogP) is 0.998. The van der Waals surface area contributed by atoms with Gasteiger partial charge in [0.1, 0.15) is 6.10 Å². The number of hydrogen-bond acceptors (Lipinski definition) is 4. The highest BCUT2D eigenvalue weighted by molar-refractivity contribution is 5.64. The Labute approximate surface area is 92.9 Å². The summed E-state index contributed by atoms with van der Waals surface area (Å²) in [5, 5.41) is 8.77. The van der Waals surface area contributed by atoms with E-state index in [2.05, 4.69) is 9.97 Å². The van der Waals surface area contributed by atoms with Crippen LogP contribution in [0.5, 0.6) is 6.01 Å². The minimum Gasteiger partial charge on any atom is -0.465 e. The van der Waals surface area contributed by atoms with Crippen molar-refractivity contribution >= 4 is 6.09 Å². The third kappa shape index (κ3) is 2.59. The van der Waals surface area contributed by atoms with Crippen molar-refractivity contribution in [2.24, 2.45) is 0 Å². The average Bonchev–Trinajstić information content (AvgIpc) is 2.31. The third-order valence-electron chi connectivity index (χ3n) is 2.53. The molecular weight excluding hydrogens is 210 g/mol. The summed E-state index contributed by atoms with van der Waals surface area (Å²) in [6.45, 7) is 1.01. The summed E-state index contributed by atoms with van der Waals surface area (Å²) in [7, 11) is 0. The lowest BCUT2D eigenvalue weighted by Gasteiger charge is -2.29. The topological polar surface area (TPSA) is 75.5 Å². The normalized spacial score (nSPS) is 17.1. The summed E-state index contributed by atoms with van der Waals surface area (Å²) in [6, 6.07) is 2.08. The van der Waals surface area contributed by atoms with Crippen LogP contribution >= 0.6 is 0 Å². The molecule has 0 aromatic carbocycles. The van der Waals surface area contributed by atoms with Gasteiger partial charge in [0.25, 0.3) is 0 Å². The molecule has 2 rings (SSSR count). The first kappa shape index (κ1) is 10.7. The summed E-state index contributed by atoms with van der Waals surface area (Å²) in [6.07, 6.45) is 3.76. The smallest absolute Gasteiger partial charge is 0.407 e. The van der Waals surface area contributed by atoms with Gasteiger partial charge in [-0.25, -0.2) is 14.8 Å². The van der Waals surface area contributed by atoms with E-state index in [1.165, 1.54) is 4.90 Å². The number of nitrogens with zero attached hydrogens (tertiary/aromatic N) is 3. The molecule has 2 heterocycles. The molecule has 1 amide bonds. The Hall–Kier alpha value is -1.85. The summed E-state index contributed by atoms with van der Waals surface area (Å²) in [4.78, 5) is 20.0. The molecule has 1 aliphatic heterocycles. The van der Waals surface area contributed by atoms with Crippen LogP contribution in [-0.4, -0.2) is 45.3 Å². The van der Waals surface area contributed by atoms with Crippen molar-refractivity contribution in [3.05, 3.63) is 18.5 Å². The molecular formula is C10H13N3O3. The van der Waals surface area contributed by atoms with Crippen molar-refractivity contribution in [3.63, 3.8) is 0 Å². The lowest BCUT2D eigenvalue weighted by atomic mass is 10.1. The summed E-state index contributed by atoms with van der Waals surface area (Å²) < 4.78 is 5.54. The van der Waals surface area contributed by atoms with Gasteiger partial charge in [-0.2, -0.15) is 0 Å². The molecule has 16 heavy (non-hydrogen) atoms. The van der Waals surface area contributed by atoms with Crippen molar-refractivity contribution in [1.29, 1.82) is 0 Å². The van der Waals surface area contributed by atoms with Crippen LogP contribution in [0.15, 0.2) is 18.5 Å². The quantitative estimate of drug-likeness (QED) is 0.809. The lowest BCUT2D eigenvalue weighted by molar-refractivity contribution is 0.0843. The SMILES string of the molecule is O=C(O)N1CCC(Oc2ncccn2)CC1. The predicted molar refractivity (Wildman–Crippen MR) is 55.3 cm³/mol. The zero-order valence-corrected chi connectivity index (χ0v) is 8.74. The van der Waals surface area contributed by atoms with Crippen molar-refractivity contribution in [1.82, 2.24) is 14.9 Å². The second-order valence-corrected chi connectivity index (χ2v) is 3.62. The fourth-order valence-corrected chi connectivity index (χ4v) is 1.66. The van der Waals surface area contributed by atoms with E-state index in [9.17, 15) is 4.79 Å². The average molecular weight is 223 g/mol. The number of ether oxygens (including phenoxy) is 1. The number of rotatable bonds is 2. The fourth-order valence-electron chi connectivity index (χ4n) is 1.66. The van der Waals surface area contributed by atoms with Gasteiger partial charge in [0.05, 0.1) is 0 Å². The Bertz CT molecular complexity index is 350. The van der Waals surface area contributed by atoms with Crippen LogP contribution in [0.4, 0.5) is 4.79 Å². The fraction of sp³-hybridized carbons (Fsp3) is 0.500. The van der Waals surface area contributed by atoms with Gasteiger partial charge >= 0.3 is 12.1 Å². The maximum absolute atomic E-state index is 10.7. The van der Waals surface area contributed by atoms with E-state index in [1.807, 2.05) is 0 Å². The van der Waals surface area contributed by atoms with Crippen molar-refractivity contribution in [2.45, 2.75) is 18.9 Å². The standard InChI is InChI=1S/C10H13N3O3/c14-10(15)13-6-2-8(3-7-13)16-9-11-4-1-5-12-9/h1,4-5,8H,2-3,6-7H2,(H,14,15). The van der Waals surface area contributed by atoms with Gasteiger partial charge in [-0.15, -0.1) is 0 Å². The molecule has 0 bridgehead atoms. The van der Waals surface area contributed by atoms with E-state index in [1.54, 1.807) is 18.5 Å². The minimum absolute atomic E-state index is 0.0120. The number of carboxylic acid groups (broad SMARTS) is 1. The molecule has 0 spiro atoms. The first-order chi connectivity index (χ1) is 7.75. The highest BCUT2D eigenvalue weighted by atomic mass is 16.5. The molecule has 1 aromatic rings. The largest absolute Gasteiger partial charge is 0.465 e. The number of aromatic nitrogens is 2. The Morgan fingerprint density at radius 1 is 1.38 bits per heavy atom. The Morgan fingerprint density at radius 2 is 2.00 bits per heavy atom. The molecule has 0 unspecified atom stereocenters. The molecule has 1 saturated heterocycles. The van der Waals surface area contributed by atoms with Crippen LogP contribution in [0.3, 0.4) is 0 Å². The van der Waals surface area contributed by atoms with Gasteiger partial charge in [0.2, 0.25) is 0 Å². The molecule has 0 saturated carbocycles. The number of amides is 1. The lowest BCUT2D eigenvalue weighted by Crippen LogP contribution is -2.41. The zero-order chi connectivity index (χ0) is 11.4. The maximum atomic E-state index is 10.7. The second kappa shape index (κ2) is 4.78. The van der Waals surface area contributed by atoms with E-state index >= 15 is 0 Å². The summed E-state index contributed by atoms with van der Waals surface area (Å²) in [5.41, 5.74) is 0. The highest BCUT2D eigenvalue weighted by Gasteiger charge is 2.23. The van der Waals surface area contributed by atoms with Crippen molar-refractivity contribution in [2.75, 3.05) is 13.1 Å². The van der Waals surface area contributed by atoms with Crippen LogP contribution in [0.25, 0.3) is 0 Å². The second-order valence-electron chi connectivity index (χ2n) is 3.62. The van der Waals surface area contributed by atoms with Crippen LogP contribution in [-0.2, 0) is 0 Å². The van der Waals surface area contributed by atoms with Crippen molar-refractivity contribution in [3.8, 4) is 6.01 Å². The van der Waals surface area contributed by atoms with E-state index in [0.717, 1.165) is 0 Å². The molecule has 6 nitrogen and oxygen atoms in total. The molecule has 1 aliphatic rings. The zero-order valence-electron chi connectivity index (χ0n) is 8.74. The molecule has 1 fully saturated rings. The summed E-state index contributed by atoms with van der Waals surface area (Å²) >= 11 is 0. The third-order valence-corrected chi connectivity index (χ3v) is 2.53. The molecule has 0 atom stereocenters. The molecule has 0 radical (unpaired) electrons. The minimum atomic E-state index is -0.866. The monoisotopic (exact) mass is 223 g/mol. The Kier molecular flexibility index (Phi) is 3.19. The van der Waals surface area contributed by atoms with Gasteiger partial charge in [-0.1, -0.05) is 0 Å². The van der Waals surface area contributed by atoms with Crippen LogP contribution in [0, 0.1) is 0 Å². The molecule has 6 heteroatoms. The van der Waals surface area contributed by atoms with E-state index in [4.69, 9.17) is 9.84 Å². The highest BCUT2D eigenvalue weighted by Crippen LogP contribution is 2.15. The maximum Gasteiger partial charge on any atom is 0.407 e. The van der Waals surface area contributed by atoms with Gasteiger partial charge < -0.3 is 14.7 Å². The van der Waals surface area contributed by atoms with Gasteiger partial charge in [0.15, 0.2) is 0 Å². The molecule has 1 aromatic heterocycles. The first-order valence-electron chi connectivity index (χ1n) is 5.17. The van der Waals surface area contributed by atoms with E-state index in [-0.39, 0.29) is 6.10 Å². The number of piperidine rings is 1. The van der Waals surface area contributed by atoms with Gasteiger partial charge in [-0.3, -0.25) is 0 Å². The Morgan fingerprint density at radius 3 is 2.56 bits per heavy atom. The molecule has 1 N–H and O–H groups in total. The van der Waals surface area contributed by atoms with E-state index < -0.39 is 6.09 Å². The number of hydrogen-bond donors (Lipinski definition) is 1. The Balaban J connectivity index is 1.84. The van der Waals surface area contributed by atoms with Crippen LogP contribution in [0.2, 0.25) is 0 Å². The first-order valence-corrected chi connectivity index (χ1v) is 5.17. The molecule has 0 aliphatic carbocycles.